The van der Waals surface area contributed by atoms with Crippen LogP contribution in [-0.4, -0.2) is 13.7 Å². The third-order valence-electron chi connectivity index (χ3n) is 3.63. The fraction of sp³-hybridized carbons (Fsp3) is 0.368. The maximum atomic E-state index is 5.88. The lowest BCUT2D eigenvalue weighted by molar-refractivity contribution is 0.290. The molecule has 1 N–H and O–H groups in total. The zero-order valence-corrected chi connectivity index (χ0v) is 13.6. The van der Waals surface area contributed by atoms with Crippen LogP contribution < -0.4 is 14.8 Å². The third kappa shape index (κ3) is 4.25. The van der Waals surface area contributed by atoms with E-state index < -0.39 is 0 Å². The highest BCUT2D eigenvalue weighted by molar-refractivity contribution is 5.46. The standard InChI is InChI=1S/C19H25NO2/c1-4-13-22-19-17(11-8-12-18(19)21-3)14-20-15(2)16-9-6-5-7-10-16/h5-12,15,20H,4,13-14H2,1-3H3. The molecule has 0 aliphatic rings. The zero-order chi connectivity index (χ0) is 15.8. The Morgan fingerprint density at radius 2 is 1.82 bits per heavy atom. The van der Waals surface area contributed by atoms with Crippen molar-refractivity contribution in [1.82, 2.24) is 5.32 Å². The molecular weight excluding hydrogens is 274 g/mol. The van der Waals surface area contributed by atoms with Gasteiger partial charge in [0.25, 0.3) is 0 Å². The van der Waals surface area contributed by atoms with E-state index in [1.807, 2.05) is 18.2 Å². The fourth-order valence-electron chi connectivity index (χ4n) is 2.35. The van der Waals surface area contributed by atoms with Crippen LogP contribution in [0.25, 0.3) is 0 Å². The van der Waals surface area contributed by atoms with E-state index in [4.69, 9.17) is 9.47 Å². The van der Waals surface area contributed by atoms with Crippen molar-refractivity contribution < 1.29 is 9.47 Å². The van der Waals surface area contributed by atoms with Crippen LogP contribution in [0, 0.1) is 0 Å². The molecule has 0 radical (unpaired) electrons. The van der Waals surface area contributed by atoms with Crippen molar-refractivity contribution in [2.75, 3.05) is 13.7 Å². The predicted octanol–water partition coefficient (Wildman–Crippen LogP) is 4.33. The van der Waals surface area contributed by atoms with Crippen LogP contribution in [0.4, 0.5) is 0 Å². The quantitative estimate of drug-likeness (QED) is 0.786. The van der Waals surface area contributed by atoms with E-state index in [1.165, 1.54) is 5.56 Å². The summed E-state index contributed by atoms with van der Waals surface area (Å²) in [6.45, 7) is 5.71. The van der Waals surface area contributed by atoms with Gasteiger partial charge in [0, 0.05) is 18.2 Å². The normalized spacial score (nSPS) is 12.0. The lowest BCUT2D eigenvalue weighted by atomic mass is 10.1. The lowest BCUT2D eigenvalue weighted by Crippen LogP contribution is -2.18. The molecule has 0 fully saturated rings. The van der Waals surface area contributed by atoms with Crippen LogP contribution in [0.15, 0.2) is 48.5 Å². The van der Waals surface area contributed by atoms with Gasteiger partial charge in [-0.2, -0.15) is 0 Å². The first-order valence-electron chi connectivity index (χ1n) is 7.83. The number of ether oxygens (including phenoxy) is 2. The van der Waals surface area contributed by atoms with Crippen LogP contribution in [0.1, 0.15) is 37.4 Å². The summed E-state index contributed by atoms with van der Waals surface area (Å²) in [5, 5.41) is 3.55. The smallest absolute Gasteiger partial charge is 0.165 e. The largest absolute Gasteiger partial charge is 0.493 e. The van der Waals surface area contributed by atoms with Gasteiger partial charge >= 0.3 is 0 Å². The summed E-state index contributed by atoms with van der Waals surface area (Å²) in [4.78, 5) is 0. The Labute approximate surface area is 133 Å². The second kappa shape index (κ2) is 8.44. The van der Waals surface area contributed by atoms with E-state index in [0.717, 1.165) is 30.0 Å². The minimum atomic E-state index is 0.284. The van der Waals surface area contributed by atoms with Crippen molar-refractivity contribution in [2.45, 2.75) is 32.9 Å². The van der Waals surface area contributed by atoms with Gasteiger partial charge in [-0.3, -0.25) is 0 Å². The highest BCUT2D eigenvalue weighted by atomic mass is 16.5. The molecule has 3 heteroatoms. The summed E-state index contributed by atoms with van der Waals surface area (Å²) in [5.74, 6) is 1.64. The monoisotopic (exact) mass is 299 g/mol. The Morgan fingerprint density at radius 3 is 2.50 bits per heavy atom. The van der Waals surface area contributed by atoms with Gasteiger partial charge < -0.3 is 14.8 Å². The highest BCUT2D eigenvalue weighted by Gasteiger charge is 2.12. The Morgan fingerprint density at radius 1 is 1.05 bits per heavy atom. The van der Waals surface area contributed by atoms with Gasteiger partial charge in [-0.25, -0.2) is 0 Å². The van der Waals surface area contributed by atoms with Crippen molar-refractivity contribution in [3.05, 3.63) is 59.7 Å². The molecule has 2 aromatic carbocycles. The predicted molar refractivity (Wildman–Crippen MR) is 90.5 cm³/mol. The number of rotatable bonds is 8. The first-order chi connectivity index (χ1) is 10.8. The molecule has 2 rings (SSSR count). The number of hydrogen-bond donors (Lipinski definition) is 1. The molecule has 0 saturated heterocycles. The molecule has 0 spiro atoms. The molecular formula is C19H25NO2. The average Bonchev–Trinajstić information content (AvgIpc) is 2.58. The average molecular weight is 299 g/mol. The van der Waals surface area contributed by atoms with Crippen molar-refractivity contribution in [3.8, 4) is 11.5 Å². The topological polar surface area (TPSA) is 30.5 Å². The van der Waals surface area contributed by atoms with Crippen molar-refractivity contribution in [3.63, 3.8) is 0 Å². The maximum Gasteiger partial charge on any atom is 0.165 e. The van der Waals surface area contributed by atoms with Gasteiger partial charge in [-0.05, 0) is 25.0 Å². The molecule has 0 saturated carbocycles. The minimum absolute atomic E-state index is 0.284. The van der Waals surface area contributed by atoms with Crippen LogP contribution >= 0.6 is 0 Å². The number of nitrogens with one attached hydrogen (secondary N) is 1. The van der Waals surface area contributed by atoms with Gasteiger partial charge in [0.15, 0.2) is 11.5 Å². The molecule has 2 aromatic rings. The fourth-order valence-corrected chi connectivity index (χ4v) is 2.35. The molecule has 3 nitrogen and oxygen atoms in total. The lowest BCUT2D eigenvalue weighted by Gasteiger charge is -2.18. The van der Waals surface area contributed by atoms with E-state index in [-0.39, 0.29) is 6.04 Å². The number of hydrogen-bond acceptors (Lipinski definition) is 3. The minimum Gasteiger partial charge on any atom is -0.493 e. The van der Waals surface area contributed by atoms with Crippen molar-refractivity contribution >= 4 is 0 Å². The van der Waals surface area contributed by atoms with Crippen molar-refractivity contribution in [2.24, 2.45) is 0 Å². The van der Waals surface area contributed by atoms with E-state index in [9.17, 15) is 0 Å². The molecule has 1 atom stereocenters. The molecule has 22 heavy (non-hydrogen) atoms. The first-order valence-corrected chi connectivity index (χ1v) is 7.83. The Bertz CT molecular complexity index is 569. The molecule has 0 aliphatic carbocycles. The molecule has 118 valence electrons. The zero-order valence-electron chi connectivity index (χ0n) is 13.6. The summed E-state index contributed by atoms with van der Waals surface area (Å²) in [6, 6.07) is 16.7. The number of benzene rings is 2. The molecule has 0 aromatic heterocycles. The molecule has 0 aliphatic heterocycles. The van der Waals surface area contributed by atoms with Gasteiger partial charge in [-0.15, -0.1) is 0 Å². The Kier molecular flexibility index (Phi) is 6.28. The van der Waals surface area contributed by atoms with Gasteiger partial charge in [0.1, 0.15) is 0 Å². The van der Waals surface area contributed by atoms with Crippen LogP contribution in [0.3, 0.4) is 0 Å². The Balaban J connectivity index is 2.08. The summed E-state index contributed by atoms with van der Waals surface area (Å²) in [5.41, 5.74) is 2.40. The highest BCUT2D eigenvalue weighted by Crippen LogP contribution is 2.31. The number of para-hydroxylation sites is 1. The SMILES string of the molecule is CCCOc1c(CNC(C)c2ccccc2)cccc1OC. The summed E-state index contributed by atoms with van der Waals surface area (Å²) in [7, 11) is 1.68. The second-order valence-corrected chi connectivity index (χ2v) is 5.31. The molecule has 0 bridgehead atoms. The maximum absolute atomic E-state index is 5.88. The third-order valence-corrected chi connectivity index (χ3v) is 3.63. The molecule has 1 unspecified atom stereocenters. The van der Waals surface area contributed by atoms with E-state index in [1.54, 1.807) is 7.11 Å². The van der Waals surface area contributed by atoms with Gasteiger partial charge in [-0.1, -0.05) is 49.4 Å². The summed E-state index contributed by atoms with van der Waals surface area (Å²) < 4.78 is 11.3. The molecule has 0 amide bonds. The van der Waals surface area contributed by atoms with Crippen LogP contribution in [-0.2, 0) is 6.54 Å². The summed E-state index contributed by atoms with van der Waals surface area (Å²) in [6.07, 6.45) is 0.978. The van der Waals surface area contributed by atoms with Crippen molar-refractivity contribution in [1.29, 1.82) is 0 Å². The van der Waals surface area contributed by atoms with E-state index >= 15 is 0 Å². The second-order valence-electron chi connectivity index (χ2n) is 5.31. The van der Waals surface area contributed by atoms with Gasteiger partial charge in [0.2, 0.25) is 0 Å². The summed E-state index contributed by atoms with van der Waals surface area (Å²) >= 11 is 0. The Hall–Kier alpha value is -2.00. The first kappa shape index (κ1) is 16.4. The molecule has 0 heterocycles. The van der Waals surface area contributed by atoms with E-state index in [0.29, 0.717) is 6.61 Å². The van der Waals surface area contributed by atoms with Crippen LogP contribution in [0.5, 0.6) is 11.5 Å². The number of methoxy groups -OCH3 is 1. The van der Waals surface area contributed by atoms with Crippen LogP contribution in [0.2, 0.25) is 0 Å². The van der Waals surface area contributed by atoms with E-state index in [2.05, 4.69) is 49.5 Å². The van der Waals surface area contributed by atoms with Gasteiger partial charge in [0.05, 0.1) is 13.7 Å².